The monoisotopic (exact) mass is 871 g/mol. The number of nitrogens with zero attached hydrogens (tertiary/aromatic N) is 12. The summed E-state index contributed by atoms with van der Waals surface area (Å²) in [6, 6.07) is 21.1. The van der Waals surface area contributed by atoms with Crippen LogP contribution in [0.4, 0.5) is 11.4 Å². The van der Waals surface area contributed by atoms with Gasteiger partial charge in [0.05, 0.1) is 29.5 Å². The van der Waals surface area contributed by atoms with Crippen LogP contribution in [0.5, 0.6) is 0 Å². The topological polar surface area (TPSA) is 97.9 Å². The molecule has 6 rings (SSSR count). The van der Waals surface area contributed by atoms with Crippen LogP contribution >= 0.6 is 0 Å². The summed E-state index contributed by atoms with van der Waals surface area (Å²) in [5.41, 5.74) is 7.54. The summed E-state index contributed by atoms with van der Waals surface area (Å²) in [6.07, 6.45) is 7.47. The maximum atomic E-state index is 15.4. The van der Waals surface area contributed by atoms with Gasteiger partial charge in [-0.15, -0.1) is 0 Å². The zero-order chi connectivity index (χ0) is 45.6. The van der Waals surface area contributed by atoms with E-state index in [0.29, 0.717) is 11.3 Å². The molecule has 0 aliphatic heterocycles. The van der Waals surface area contributed by atoms with E-state index in [2.05, 4.69) is 155 Å². The number of likely N-dealkylation sites (N-methyl/N-ethyl adjacent to an activating group) is 4. The van der Waals surface area contributed by atoms with Crippen LogP contribution in [0.1, 0.15) is 66.6 Å². The Morgan fingerprint density at radius 2 is 1.05 bits per heavy atom. The highest BCUT2D eigenvalue weighted by molar-refractivity contribution is 5.95. The van der Waals surface area contributed by atoms with Gasteiger partial charge in [0.2, 0.25) is 5.91 Å². The average Bonchev–Trinajstić information content (AvgIpc) is 3.90. The molecular formula is C51H74N12O. The van der Waals surface area contributed by atoms with Gasteiger partial charge in [-0.1, -0.05) is 79.7 Å². The molecule has 1 atom stereocenters. The minimum Gasteiger partial charge on any atom is -0.369 e. The fourth-order valence-electron chi connectivity index (χ4n) is 8.99. The van der Waals surface area contributed by atoms with Crippen molar-refractivity contribution in [1.29, 1.82) is 0 Å². The molecule has 0 saturated carbocycles. The second-order valence-electron chi connectivity index (χ2n) is 16.6. The smallest absolute Gasteiger partial charge is 0.234 e. The Morgan fingerprint density at radius 1 is 0.562 bits per heavy atom. The SMILES string of the molecule is CCN(CC)CCN(CCN(CC)CC)c1cccc(-c2nc3cnccc3n2C(=O)CC(CN(CC)CC)N(CCN(CC)CC)c2cccc(-c3nc4cnccc4n3C)c2)c1. The molecule has 0 aliphatic carbocycles. The van der Waals surface area contributed by atoms with E-state index < -0.39 is 0 Å². The standard InChI is InChI=1S/C51H74N12O/c1-10-57(11-2)28-31-61(32-29-58(12-3)13-4)42-22-18-21-41(34-42)51-55-46-38-53-27-25-48(46)63(51)49(64)36-44(39-60(16-7)17-8)62(33-30-59(14-5)15-6)43-23-19-20-40(35-43)50-54-45-37-52-26-24-47(45)56(50)9/h18-27,34-35,37-38,44H,10-17,28-33,36,39H2,1-9H3. The van der Waals surface area contributed by atoms with Crippen molar-refractivity contribution in [3.63, 3.8) is 0 Å². The van der Waals surface area contributed by atoms with Gasteiger partial charge in [-0.3, -0.25) is 19.3 Å². The normalized spacial score (nSPS) is 12.5. The predicted octanol–water partition coefficient (Wildman–Crippen LogP) is 8.13. The van der Waals surface area contributed by atoms with Crippen LogP contribution in [0.15, 0.2) is 85.5 Å². The minimum atomic E-state index is -0.142. The molecule has 0 spiro atoms. The molecule has 64 heavy (non-hydrogen) atoms. The Morgan fingerprint density at radius 3 is 1.61 bits per heavy atom. The molecule has 0 amide bonds. The first kappa shape index (κ1) is 48.3. The fraction of sp³-hybridized carbons (Fsp3) is 0.510. The van der Waals surface area contributed by atoms with Crippen LogP contribution in [-0.2, 0) is 7.05 Å². The van der Waals surface area contributed by atoms with Crippen LogP contribution < -0.4 is 9.80 Å². The molecular weight excluding hydrogens is 797 g/mol. The van der Waals surface area contributed by atoms with Gasteiger partial charge < -0.3 is 34.0 Å². The fourth-order valence-corrected chi connectivity index (χ4v) is 8.99. The number of aryl methyl sites for hydroxylation is 1. The summed E-state index contributed by atoms with van der Waals surface area (Å²) in [7, 11) is 2.06. The second kappa shape index (κ2) is 23.6. The Hall–Kier alpha value is -5.21. The number of rotatable bonds is 26. The summed E-state index contributed by atoms with van der Waals surface area (Å²) in [6.45, 7) is 31.7. The van der Waals surface area contributed by atoms with Gasteiger partial charge >= 0.3 is 0 Å². The number of carbonyl (C=O) groups is 1. The molecule has 344 valence electrons. The van der Waals surface area contributed by atoms with Crippen molar-refractivity contribution in [2.45, 2.75) is 67.9 Å². The third-order valence-electron chi connectivity index (χ3n) is 13.2. The first-order valence-electron chi connectivity index (χ1n) is 23.9. The van der Waals surface area contributed by atoms with E-state index in [1.54, 1.807) is 12.4 Å². The molecule has 0 N–H and O–H groups in total. The van der Waals surface area contributed by atoms with Crippen LogP contribution in [0, 0.1) is 0 Å². The number of hydrogen-bond donors (Lipinski definition) is 0. The van der Waals surface area contributed by atoms with Crippen molar-refractivity contribution < 1.29 is 4.79 Å². The molecule has 0 fully saturated rings. The zero-order valence-corrected chi connectivity index (χ0v) is 40.2. The van der Waals surface area contributed by atoms with Gasteiger partial charge in [-0.05, 0) is 88.8 Å². The van der Waals surface area contributed by atoms with Gasteiger partial charge in [-0.25, -0.2) is 9.97 Å². The number of hydrogen-bond acceptors (Lipinski definition) is 11. The van der Waals surface area contributed by atoms with E-state index in [0.717, 1.165) is 143 Å². The summed E-state index contributed by atoms with van der Waals surface area (Å²) in [4.78, 5) is 49.2. The van der Waals surface area contributed by atoms with Gasteiger partial charge in [0.25, 0.3) is 0 Å². The van der Waals surface area contributed by atoms with E-state index in [1.807, 2.05) is 29.1 Å². The molecule has 1 unspecified atom stereocenters. The molecule has 4 heterocycles. The lowest BCUT2D eigenvalue weighted by atomic mass is 10.1. The largest absolute Gasteiger partial charge is 0.369 e. The Bertz CT molecular complexity index is 2340. The molecule has 4 aromatic heterocycles. The maximum Gasteiger partial charge on any atom is 0.234 e. The average molecular weight is 871 g/mol. The summed E-state index contributed by atoms with van der Waals surface area (Å²) < 4.78 is 4.01. The van der Waals surface area contributed by atoms with E-state index in [4.69, 9.17) is 9.97 Å². The van der Waals surface area contributed by atoms with Gasteiger partial charge in [0.1, 0.15) is 22.7 Å². The lowest BCUT2D eigenvalue weighted by Gasteiger charge is -2.38. The van der Waals surface area contributed by atoms with Crippen LogP contribution in [0.3, 0.4) is 0 Å². The molecule has 0 aliphatic rings. The Kier molecular flexibility index (Phi) is 17.8. The van der Waals surface area contributed by atoms with Crippen LogP contribution in [-0.4, -0.2) is 159 Å². The van der Waals surface area contributed by atoms with Gasteiger partial charge in [0.15, 0.2) is 0 Å². The minimum absolute atomic E-state index is 0.0121. The van der Waals surface area contributed by atoms with E-state index >= 15 is 4.79 Å². The number of imidazole rings is 2. The first-order valence-corrected chi connectivity index (χ1v) is 23.9. The molecule has 13 nitrogen and oxygen atoms in total. The van der Waals surface area contributed by atoms with Crippen molar-refractivity contribution in [3.8, 4) is 22.8 Å². The molecule has 2 aromatic carbocycles. The molecule has 6 aromatic rings. The molecule has 0 bridgehead atoms. The third-order valence-corrected chi connectivity index (χ3v) is 13.2. The van der Waals surface area contributed by atoms with Crippen LogP contribution in [0.25, 0.3) is 44.8 Å². The van der Waals surface area contributed by atoms with Gasteiger partial charge in [-0.2, -0.15) is 0 Å². The number of pyridine rings is 2. The second-order valence-corrected chi connectivity index (χ2v) is 16.6. The van der Waals surface area contributed by atoms with Crippen molar-refractivity contribution in [2.75, 3.05) is 108 Å². The highest BCUT2D eigenvalue weighted by atomic mass is 16.2. The predicted molar refractivity (Wildman–Crippen MR) is 267 cm³/mol. The summed E-state index contributed by atoms with van der Waals surface area (Å²) in [5, 5.41) is 0. The summed E-state index contributed by atoms with van der Waals surface area (Å²) in [5.74, 6) is 1.55. The Labute approximate surface area is 382 Å². The Balaban J connectivity index is 1.41. The highest BCUT2D eigenvalue weighted by Gasteiger charge is 2.29. The first-order chi connectivity index (χ1) is 31.2. The number of fused-ring (bicyclic) bond motifs is 2. The third kappa shape index (κ3) is 11.5. The lowest BCUT2D eigenvalue weighted by Crippen LogP contribution is -2.48. The quantitative estimate of drug-likeness (QED) is 0.0529. The molecule has 0 radical (unpaired) electrons. The van der Waals surface area contributed by atoms with E-state index in [-0.39, 0.29) is 18.4 Å². The maximum absolute atomic E-state index is 15.4. The lowest BCUT2D eigenvalue weighted by molar-refractivity contribution is 0.0890. The zero-order valence-electron chi connectivity index (χ0n) is 40.2. The van der Waals surface area contributed by atoms with Crippen molar-refractivity contribution in [3.05, 3.63) is 85.5 Å². The van der Waals surface area contributed by atoms with E-state index in [9.17, 15) is 0 Å². The van der Waals surface area contributed by atoms with Crippen molar-refractivity contribution in [1.82, 2.24) is 48.7 Å². The summed E-state index contributed by atoms with van der Waals surface area (Å²) >= 11 is 0. The highest BCUT2D eigenvalue weighted by Crippen LogP contribution is 2.31. The number of aromatic nitrogens is 6. The molecule has 0 saturated heterocycles. The van der Waals surface area contributed by atoms with Crippen LogP contribution in [0.2, 0.25) is 0 Å². The molecule has 13 heteroatoms. The number of benzene rings is 2. The van der Waals surface area contributed by atoms with Crippen molar-refractivity contribution in [2.24, 2.45) is 7.05 Å². The van der Waals surface area contributed by atoms with E-state index in [1.165, 1.54) is 0 Å². The number of anilines is 2. The van der Waals surface area contributed by atoms with Crippen molar-refractivity contribution >= 4 is 39.3 Å². The van der Waals surface area contributed by atoms with Gasteiger partial charge in [0, 0.05) is 94.2 Å². The number of carbonyl (C=O) groups excluding carboxylic acids is 1.